The van der Waals surface area contributed by atoms with E-state index in [1.165, 1.54) is 12.1 Å². The van der Waals surface area contributed by atoms with Gasteiger partial charge in [0, 0.05) is 24.1 Å². The Morgan fingerprint density at radius 2 is 1.86 bits per heavy atom. The van der Waals surface area contributed by atoms with E-state index in [0.717, 1.165) is 11.8 Å². The standard InChI is InChI=1S/C15H16N2O3S/c1-21(19,20)14-7-3-5-12(9-14)15(18)17-10-11-4-2-6-13(16)8-11/h2-9H,10,16H2,1H3,(H,17,18). The summed E-state index contributed by atoms with van der Waals surface area (Å²) in [6.07, 6.45) is 1.11. The van der Waals surface area contributed by atoms with Crippen LogP contribution in [-0.2, 0) is 16.4 Å². The van der Waals surface area contributed by atoms with Crippen molar-refractivity contribution in [3.05, 3.63) is 59.7 Å². The Balaban J connectivity index is 2.11. The number of rotatable bonds is 4. The second kappa shape index (κ2) is 5.97. The molecule has 1 amide bonds. The highest BCUT2D eigenvalue weighted by Crippen LogP contribution is 2.12. The molecule has 0 unspecified atom stereocenters. The lowest BCUT2D eigenvalue weighted by molar-refractivity contribution is 0.0950. The first-order valence-electron chi connectivity index (χ1n) is 6.29. The molecule has 0 saturated heterocycles. The van der Waals surface area contributed by atoms with E-state index < -0.39 is 9.84 Å². The Kier molecular flexibility index (Phi) is 4.28. The van der Waals surface area contributed by atoms with Crippen molar-refractivity contribution < 1.29 is 13.2 Å². The second-order valence-corrected chi connectivity index (χ2v) is 6.74. The van der Waals surface area contributed by atoms with Crippen LogP contribution in [0.3, 0.4) is 0 Å². The molecular weight excluding hydrogens is 288 g/mol. The maximum atomic E-state index is 12.0. The summed E-state index contributed by atoms with van der Waals surface area (Å²) in [5, 5.41) is 2.73. The Morgan fingerprint density at radius 3 is 2.52 bits per heavy atom. The van der Waals surface area contributed by atoms with Crippen LogP contribution in [0.15, 0.2) is 53.4 Å². The lowest BCUT2D eigenvalue weighted by Crippen LogP contribution is -2.23. The zero-order valence-corrected chi connectivity index (χ0v) is 12.4. The molecule has 110 valence electrons. The number of hydrogen-bond donors (Lipinski definition) is 2. The molecule has 0 heterocycles. The average molecular weight is 304 g/mol. The topological polar surface area (TPSA) is 89.3 Å². The predicted octanol–water partition coefficient (Wildman–Crippen LogP) is 1.60. The quantitative estimate of drug-likeness (QED) is 0.840. The van der Waals surface area contributed by atoms with Crippen LogP contribution in [-0.4, -0.2) is 20.6 Å². The van der Waals surface area contributed by atoms with Crippen LogP contribution < -0.4 is 11.1 Å². The van der Waals surface area contributed by atoms with Crippen molar-refractivity contribution in [3.63, 3.8) is 0 Å². The number of sulfone groups is 1. The fourth-order valence-electron chi connectivity index (χ4n) is 1.86. The zero-order valence-electron chi connectivity index (χ0n) is 11.5. The first-order chi connectivity index (χ1) is 9.86. The van der Waals surface area contributed by atoms with Gasteiger partial charge in [-0.15, -0.1) is 0 Å². The van der Waals surface area contributed by atoms with Crippen LogP contribution in [0.4, 0.5) is 5.69 Å². The highest BCUT2D eigenvalue weighted by Gasteiger charge is 2.11. The molecule has 0 radical (unpaired) electrons. The van der Waals surface area contributed by atoms with E-state index >= 15 is 0 Å². The average Bonchev–Trinajstić information content (AvgIpc) is 2.44. The molecule has 2 aromatic carbocycles. The van der Waals surface area contributed by atoms with E-state index in [2.05, 4.69) is 5.32 Å². The first-order valence-corrected chi connectivity index (χ1v) is 8.18. The van der Waals surface area contributed by atoms with E-state index in [9.17, 15) is 13.2 Å². The smallest absolute Gasteiger partial charge is 0.251 e. The van der Waals surface area contributed by atoms with E-state index in [1.54, 1.807) is 30.3 Å². The fourth-order valence-corrected chi connectivity index (χ4v) is 2.52. The summed E-state index contributed by atoms with van der Waals surface area (Å²) in [6, 6.07) is 13.1. The summed E-state index contributed by atoms with van der Waals surface area (Å²) >= 11 is 0. The maximum Gasteiger partial charge on any atom is 0.251 e. The summed E-state index contributed by atoms with van der Waals surface area (Å²) in [5.41, 5.74) is 7.47. The molecule has 0 aliphatic rings. The molecule has 0 aromatic heterocycles. The van der Waals surface area contributed by atoms with Gasteiger partial charge in [0.05, 0.1) is 4.90 Å². The van der Waals surface area contributed by atoms with E-state index in [0.29, 0.717) is 17.8 Å². The highest BCUT2D eigenvalue weighted by molar-refractivity contribution is 7.90. The summed E-state index contributed by atoms with van der Waals surface area (Å²) in [7, 11) is -3.33. The van der Waals surface area contributed by atoms with E-state index in [-0.39, 0.29) is 10.8 Å². The van der Waals surface area contributed by atoms with Crippen molar-refractivity contribution in [1.82, 2.24) is 5.32 Å². The molecular formula is C15H16N2O3S. The number of amides is 1. The number of anilines is 1. The van der Waals surface area contributed by atoms with Crippen molar-refractivity contribution in [2.75, 3.05) is 12.0 Å². The third-order valence-electron chi connectivity index (χ3n) is 2.93. The molecule has 0 saturated carbocycles. The Bertz CT molecular complexity index is 770. The van der Waals surface area contributed by atoms with Gasteiger partial charge in [-0.1, -0.05) is 18.2 Å². The highest BCUT2D eigenvalue weighted by atomic mass is 32.2. The molecule has 0 bridgehead atoms. The number of carbonyl (C=O) groups is 1. The SMILES string of the molecule is CS(=O)(=O)c1cccc(C(=O)NCc2cccc(N)c2)c1. The number of hydrogen-bond acceptors (Lipinski definition) is 4. The van der Waals surface area contributed by atoms with Gasteiger partial charge in [0.25, 0.3) is 5.91 Å². The molecule has 0 fully saturated rings. The van der Waals surface area contributed by atoms with Gasteiger partial charge < -0.3 is 11.1 Å². The van der Waals surface area contributed by atoms with Crippen LogP contribution >= 0.6 is 0 Å². The molecule has 6 heteroatoms. The molecule has 3 N–H and O–H groups in total. The fraction of sp³-hybridized carbons (Fsp3) is 0.133. The Labute approximate surface area is 123 Å². The molecule has 0 atom stereocenters. The van der Waals surface area contributed by atoms with Gasteiger partial charge in [-0.05, 0) is 35.9 Å². The van der Waals surface area contributed by atoms with Crippen molar-refractivity contribution in [2.45, 2.75) is 11.4 Å². The van der Waals surface area contributed by atoms with Gasteiger partial charge in [-0.3, -0.25) is 4.79 Å². The minimum Gasteiger partial charge on any atom is -0.399 e. The predicted molar refractivity (Wildman–Crippen MR) is 81.6 cm³/mol. The minimum absolute atomic E-state index is 0.124. The molecule has 0 aliphatic heterocycles. The lowest BCUT2D eigenvalue weighted by atomic mass is 10.2. The summed E-state index contributed by atoms with van der Waals surface area (Å²) in [5.74, 6) is -0.331. The van der Waals surface area contributed by atoms with Crippen LogP contribution in [0.5, 0.6) is 0 Å². The largest absolute Gasteiger partial charge is 0.399 e. The monoisotopic (exact) mass is 304 g/mol. The van der Waals surface area contributed by atoms with Crippen LogP contribution in [0.2, 0.25) is 0 Å². The Morgan fingerprint density at radius 1 is 1.14 bits per heavy atom. The molecule has 0 spiro atoms. The van der Waals surface area contributed by atoms with Gasteiger partial charge in [-0.2, -0.15) is 0 Å². The Hall–Kier alpha value is -2.34. The second-order valence-electron chi connectivity index (χ2n) is 4.73. The summed E-state index contributed by atoms with van der Waals surface area (Å²) in [6.45, 7) is 0.326. The molecule has 5 nitrogen and oxygen atoms in total. The molecule has 2 aromatic rings. The van der Waals surface area contributed by atoms with Crippen molar-refractivity contribution in [3.8, 4) is 0 Å². The van der Waals surface area contributed by atoms with Crippen LogP contribution in [0.1, 0.15) is 15.9 Å². The lowest BCUT2D eigenvalue weighted by Gasteiger charge is -2.07. The van der Waals surface area contributed by atoms with Gasteiger partial charge in [-0.25, -0.2) is 8.42 Å². The van der Waals surface area contributed by atoms with Gasteiger partial charge in [0.15, 0.2) is 9.84 Å². The molecule has 0 aliphatic carbocycles. The number of benzene rings is 2. The third kappa shape index (κ3) is 4.06. The van der Waals surface area contributed by atoms with Crippen LogP contribution in [0, 0.1) is 0 Å². The molecule has 21 heavy (non-hydrogen) atoms. The third-order valence-corrected chi connectivity index (χ3v) is 4.04. The number of nitrogens with one attached hydrogen (secondary N) is 1. The zero-order chi connectivity index (χ0) is 15.5. The normalized spacial score (nSPS) is 11.1. The van der Waals surface area contributed by atoms with E-state index in [4.69, 9.17) is 5.73 Å². The molecule has 2 rings (SSSR count). The summed E-state index contributed by atoms with van der Waals surface area (Å²) < 4.78 is 23.0. The number of nitrogen functional groups attached to an aromatic ring is 1. The van der Waals surface area contributed by atoms with Crippen molar-refractivity contribution >= 4 is 21.4 Å². The minimum atomic E-state index is -3.33. The van der Waals surface area contributed by atoms with Crippen molar-refractivity contribution in [2.24, 2.45) is 0 Å². The van der Waals surface area contributed by atoms with Crippen molar-refractivity contribution in [1.29, 1.82) is 0 Å². The number of nitrogens with two attached hydrogens (primary N) is 1. The van der Waals surface area contributed by atoms with Gasteiger partial charge in [0.2, 0.25) is 0 Å². The van der Waals surface area contributed by atoms with E-state index in [1.807, 2.05) is 6.07 Å². The first kappa shape index (κ1) is 15.1. The van der Waals surface area contributed by atoms with Crippen LogP contribution in [0.25, 0.3) is 0 Å². The summed E-state index contributed by atoms with van der Waals surface area (Å²) in [4.78, 5) is 12.2. The maximum absolute atomic E-state index is 12.0. The van der Waals surface area contributed by atoms with Gasteiger partial charge >= 0.3 is 0 Å². The van der Waals surface area contributed by atoms with Gasteiger partial charge in [0.1, 0.15) is 0 Å². The number of carbonyl (C=O) groups excluding carboxylic acids is 1.